The Hall–Kier alpha value is -1.55. The van der Waals surface area contributed by atoms with Crippen LogP contribution in [-0.4, -0.2) is 29.3 Å². The molecule has 21 heavy (non-hydrogen) atoms. The van der Waals surface area contributed by atoms with Crippen LogP contribution in [0.5, 0.6) is 0 Å². The number of hydrogen-bond donors (Lipinski definition) is 1. The Morgan fingerprint density at radius 2 is 1.90 bits per heavy atom. The van der Waals surface area contributed by atoms with E-state index in [9.17, 15) is 9.59 Å². The molecular weight excluding hydrogens is 288 g/mol. The molecule has 0 spiro atoms. The lowest BCUT2D eigenvalue weighted by Crippen LogP contribution is -2.44. The van der Waals surface area contributed by atoms with Gasteiger partial charge < -0.3 is 10.6 Å². The number of carbonyl (C=O) groups excluding carboxylic acids is 2. The maximum Gasteiger partial charge on any atom is 0.237 e. The van der Waals surface area contributed by atoms with Gasteiger partial charge in [-0.15, -0.1) is 0 Å². The molecule has 0 unspecified atom stereocenters. The van der Waals surface area contributed by atoms with Crippen LogP contribution < -0.4 is 5.73 Å². The first-order chi connectivity index (χ1) is 10.1. The number of primary amides is 1. The Balaban J connectivity index is 1.97. The molecule has 1 saturated carbocycles. The number of aryl methyl sites for hydroxylation is 1. The summed E-state index contributed by atoms with van der Waals surface area (Å²) in [5.74, 6) is -0.464. The summed E-state index contributed by atoms with van der Waals surface area (Å²) in [6.07, 6.45) is 5.08. The molecule has 0 bridgehead atoms. The standard InChI is InChI=1S/C16H21ClN2O2/c17-14-8-4-1-5-12(14)9-10-16(21)19(11-15(18)20)13-6-2-3-7-13/h1,4-5,8,13H,2-3,6-7,9-11H2,(H2,18,20). The molecule has 0 aliphatic heterocycles. The van der Waals surface area contributed by atoms with Gasteiger partial charge in [-0.2, -0.15) is 0 Å². The first-order valence-electron chi connectivity index (χ1n) is 7.39. The number of carbonyl (C=O) groups is 2. The predicted octanol–water partition coefficient (Wildman–Crippen LogP) is 2.53. The summed E-state index contributed by atoms with van der Waals surface area (Å²) < 4.78 is 0. The normalized spacial score (nSPS) is 15.1. The largest absolute Gasteiger partial charge is 0.368 e. The average Bonchev–Trinajstić information content (AvgIpc) is 2.97. The van der Waals surface area contributed by atoms with Crippen molar-refractivity contribution in [3.63, 3.8) is 0 Å². The van der Waals surface area contributed by atoms with Gasteiger partial charge in [0.15, 0.2) is 0 Å². The number of nitrogens with two attached hydrogens (primary N) is 1. The van der Waals surface area contributed by atoms with Crippen molar-refractivity contribution in [2.45, 2.75) is 44.6 Å². The van der Waals surface area contributed by atoms with E-state index in [-0.39, 0.29) is 18.5 Å². The molecule has 1 aliphatic rings. The Morgan fingerprint density at radius 1 is 1.24 bits per heavy atom. The van der Waals surface area contributed by atoms with E-state index in [4.69, 9.17) is 17.3 Å². The highest BCUT2D eigenvalue weighted by molar-refractivity contribution is 6.31. The zero-order valence-electron chi connectivity index (χ0n) is 12.1. The molecule has 2 N–H and O–H groups in total. The van der Waals surface area contributed by atoms with Crippen molar-refractivity contribution >= 4 is 23.4 Å². The highest BCUT2D eigenvalue weighted by Crippen LogP contribution is 2.24. The molecule has 0 saturated heterocycles. The predicted molar refractivity (Wildman–Crippen MR) is 82.9 cm³/mol. The second kappa shape index (κ2) is 7.46. The zero-order chi connectivity index (χ0) is 15.2. The van der Waals surface area contributed by atoms with Crippen LogP contribution in [0.15, 0.2) is 24.3 Å². The van der Waals surface area contributed by atoms with Crippen molar-refractivity contribution in [1.29, 1.82) is 0 Å². The van der Waals surface area contributed by atoms with E-state index in [1.54, 1.807) is 4.90 Å². The monoisotopic (exact) mass is 308 g/mol. The first-order valence-corrected chi connectivity index (χ1v) is 7.77. The fraction of sp³-hybridized carbons (Fsp3) is 0.500. The Bertz CT molecular complexity index is 513. The summed E-state index contributed by atoms with van der Waals surface area (Å²) in [4.78, 5) is 25.3. The zero-order valence-corrected chi connectivity index (χ0v) is 12.8. The second-order valence-corrected chi connectivity index (χ2v) is 5.92. The van der Waals surface area contributed by atoms with E-state index in [1.165, 1.54) is 0 Å². The Morgan fingerprint density at radius 3 is 2.52 bits per heavy atom. The van der Waals surface area contributed by atoms with Crippen LogP contribution in [-0.2, 0) is 16.0 Å². The second-order valence-electron chi connectivity index (χ2n) is 5.52. The molecular formula is C16H21ClN2O2. The maximum absolute atomic E-state index is 12.4. The third kappa shape index (κ3) is 4.46. The molecule has 0 radical (unpaired) electrons. The van der Waals surface area contributed by atoms with Gasteiger partial charge in [-0.1, -0.05) is 42.6 Å². The Kier molecular flexibility index (Phi) is 5.62. The van der Waals surface area contributed by atoms with Gasteiger partial charge in [0.1, 0.15) is 0 Å². The molecule has 5 heteroatoms. The summed E-state index contributed by atoms with van der Waals surface area (Å²) in [6.45, 7) is 0.0199. The summed E-state index contributed by atoms with van der Waals surface area (Å²) in [5.41, 5.74) is 6.23. The van der Waals surface area contributed by atoms with Gasteiger partial charge in [0.05, 0.1) is 6.54 Å². The van der Waals surface area contributed by atoms with Crippen LogP contribution in [0.2, 0.25) is 5.02 Å². The van der Waals surface area contributed by atoms with Crippen molar-refractivity contribution in [2.75, 3.05) is 6.54 Å². The van der Waals surface area contributed by atoms with E-state index in [0.717, 1.165) is 31.2 Å². The van der Waals surface area contributed by atoms with Crippen LogP contribution in [0, 0.1) is 0 Å². The topological polar surface area (TPSA) is 63.4 Å². The molecule has 1 aliphatic carbocycles. The van der Waals surface area contributed by atoms with Gasteiger partial charge in [0.2, 0.25) is 11.8 Å². The van der Waals surface area contributed by atoms with E-state index in [2.05, 4.69) is 0 Å². The molecule has 0 aromatic heterocycles. The number of benzene rings is 1. The molecule has 1 aromatic rings. The number of rotatable bonds is 6. The summed E-state index contributed by atoms with van der Waals surface area (Å²) >= 11 is 6.10. The fourth-order valence-electron chi connectivity index (χ4n) is 2.89. The van der Waals surface area contributed by atoms with Crippen LogP contribution >= 0.6 is 11.6 Å². The van der Waals surface area contributed by atoms with Crippen molar-refractivity contribution in [2.24, 2.45) is 5.73 Å². The summed E-state index contributed by atoms with van der Waals surface area (Å²) in [6, 6.07) is 7.68. The quantitative estimate of drug-likeness (QED) is 0.877. The number of nitrogens with zero attached hydrogens (tertiary/aromatic N) is 1. The van der Waals surface area contributed by atoms with Crippen LogP contribution in [0.1, 0.15) is 37.7 Å². The van der Waals surface area contributed by atoms with Crippen molar-refractivity contribution in [1.82, 2.24) is 4.90 Å². The van der Waals surface area contributed by atoms with Crippen molar-refractivity contribution < 1.29 is 9.59 Å². The molecule has 4 nitrogen and oxygen atoms in total. The highest BCUT2D eigenvalue weighted by atomic mass is 35.5. The SMILES string of the molecule is NC(=O)CN(C(=O)CCc1ccccc1Cl)C1CCCC1. The van der Waals surface area contributed by atoms with Crippen LogP contribution in [0.4, 0.5) is 0 Å². The third-order valence-corrected chi connectivity index (χ3v) is 4.35. The van der Waals surface area contributed by atoms with Gasteiger partial charge in [-0.25, -0.2) is 0 Å². The number of halogens is 1. The minimum Gasteiger partial charge on any atom is -0.368 e. The van der Waals surface area contributed by atoms with E-state index in [1.807, 2.05) is 24.3 Å². The minimum absolute atomic E-state index is 0.0133. The molecule has 0 atom stereocenters. The molecule has 2 rings (SSSR count). The molecule has 1 aromatic carbocycles. The van der Waals surface area contributed by atoms with Crippen LogP contribution in [0.3, 0.4) is 0 Å². The molecule has 2 amide bonds. The van der Waals surface area contributed by atoms with Gasteiger partial charge >= 0.3 is 0 Å². The summed E-state index contributed by atoms with van der Waals surface area (Å²) in [5, 5.41) is 0.674. The lowest BCUT2D eigenvalue weighted by atomic mass is 10.1. The van der Waals surface area contributed by atoms with Gasteiger partial charge in [0.25, 0.3) is 0 Å². The summed E-state index contributed by atoms with van der Waals surface area (Å²) in [7, 11) is 0. The molecule has 0 heterocycles. The number of amides is 2. The van der Waals surface area contributed by atoms with Crippen molar-refractivity contribution in [3.05, 3.63) is 34.9 Å². The van der Waals surface area contributed by atoms with Gasteiger partial charge in [-0.05, 0) is 30.9 Å². The van der Waals surface area contributed by atoms with Crippen LogP contribution in [0.25, 0.3) is 0 Å². The van der Waals surface area contributed by atoms with E-state index in [0.29, 0.717) is 17.9 Å². The smallest absolute Gasteiger partial charge is 0.237 e. The van der Waals surface area contributed by atoms with Crippen molar-refractivity contribution in [3.8, 4) is 0 Å². The third-order valence-electron chi connectivity index (χ3n) is 3.98. The highest BCUT2D eigenvalue weighted by Gasteiger charge is 2.27. The van der Waals surface area contributed by atoms with E-state index < -0.39 is 5.91 Å². The lowest BCUT2D eigenvalue weighted by molar-refractivity contribution is -0.137. The molecule has 114 valence electrons. The average molecular weight is 309 g/mol. The van der Waals surface area contributed by atoms with Gasteiger partial charge in [0, 0.05) is 17.5 Å². The van der Waals surface area contributed by atoms with E-state index >= 15 is 0 Å². The molecule has 1 fully saturated rings. The van der Waals surface area contributed by atoms with Gasteiger partial charge in [-0.3, -0.25) is 9.59 Å². The minimum atomic E-state index is -0.451. The Labute approximate surface area is 130 Å². The fourth-order valence-corrected chi connectivity index (χ4v) is 3.12. The first kappa shape index (κ1) is 15.8. The number of hydrogen-bond acceptors (Lipinski definition) is 2. The lowest BCUT2D eigenvalue weighted by Gasteiger charge is -2.28. The maximum atomic E-state index is 12.4.